The normalized spacial score (nSPS) is 21.0. The smallest absolute Gasteiger partial charge is 0.126 e. The minimum atomic E-state index is -0.765. The molecule has 0 fully saturated rings. The van der Waals surface area contributed by atoms with Crippen LogP contribution in [0.3, 0.4) is 0 Å². The molecule has 0 radical (unpaired) electrons. The Hall–Kier alpha value is -0.920. The SMILES string of the molecule is CC(C)c1nccc2c1CCCC2F. The van der Waals surface area contributed by atoms with E-state index >= 15 is 0 Å². The van der Waals surface area contributed by atoms with Crippen LogP contribution in [-0.4, -0.2) is 4.98 Å². The van der Waals surface area contributed by atoms with Gasteiger partial charge in [0.05, 0.1) is 0 Å². The number of nitrogens with zero attached hydrogens (tertiary/aromatic N) is 1. The average molecular weight is 193 g/mol. The summed E-state index contributed by atoms with van der Waals surface area (Å²) in [5, 5.41) is 0. The van der Waals surface area contributed by atoms with Gasteiger partial charge in [-0.3, -0.25) is 4.98 Å². The maximum atomic E-state index is 13.6. The van der Waals surface area contributed by atoms with Crippen LogP contribution in [0, 0.1) is 0 Å². The van der Waals surface area contributed by atoms with Crippen molar-refractivity contribution in [3.8, 4) is 0 Å². The molecular weight excluding hydrogens is 177 g/mol. The van der Waals surface area contributed by atoms with Crippen LogP contribution in [0.1, 0.15) is 55.6 Å². The van der Waals surface area contributed by atoms with Gasteiger partial charge in [-0.15, -0.1) is 0 Å². The van der Waals surface area contributed by atoms with E-state index in [1.54, 1.807) is 6.20 Å². The number of pyridine rings is 1. The minimum absolute atomic E-state index is 0.398. The van der Waals surface area contributed by atoms with Gasteiger partial charge in [0.25, 0.3) is 0 Å². The van der Waals surface area contributed by atoms with Crippen molar-refractivity contribution in [3.63, 3.8) is 0 Å². The summed E-state index contributed by atoms with van der Waals surface area (Å²) in [7, 11) is 0. The highest BCUT2D eigenvalue weighted by Crippen LogP contribution is 2.35. The molecule has 2 rings (SSSR count). The lowest BCUT2D eigenvalue weighted by atomic mass is 9.87. The van der Waals surface area contributed by atoms with E-state index in [1.165, 1.54) is 5.56 Å². The zero-order valence-corrected chi connectivity index (χ0v) is 8.76. The first kappa shape index (κ1) is 9.63. The summed E-state index contributed by atoms with van der Waals surface area (Å²) >= 11 is 0. The standard InChI is InChI=1S/C12H16FN/c1-8(2)12-10-4-3-5-11(13)9(10)6-7-14-12/h6-8,11H,3-5H2,1-2H3. The third kappa shape index (κ3) is 1.54. The minimum Gasteiger partial charge on any atom is -0.261 e. The van der Waals surface area contributed by atoms with Crippen molar-refractivity contribution in [2.45, 2.75) is 45.2 Å². The van der Waals surface area contributed by atoms with E-state index in [-0.39, 0.29) is 0 Å². The van der Waals surface area contributed by atoms with Gasteiger partial charge >= 0.3 is 0 Å². The van der Waals surface area contributed by atoms with Gasteiger partial charge in [-0.05, 0) is 42.4 Å². The lowest BCUT2D eigenvalue weighted by Gasteiger charge is -2.22. The molecule has 0 aliphatic heterocycles. The summed E-state index contributed by atoms with van der Waals surface area (Å²) in [5.41, 5.74) is 3.14. The van der Waals surface area contributed by atoms with E-state index in [0.717, 1.165) is 24.1 Å². The zero-order valence-electron chi connectivity index (χ0n) is 8.76. The summed E-state index contributed by atoms with van der Waals surface area (Å²) in [6.07, 6.45) is 3.61. The van der Waals surface area contributed by atoms with E-state index in [0.29, 0.717) is 12.3 Å². The van der Waals surface area contributed by atoms with Crippen LogP contribution in [0.5, 0.6) is 0 Å². The highest BCUT2D eigenvalue weighted by atomic mass is 19.1. The third-order valence-corrected chi connectivity index (χ3v) is 2.89. The average Bonchev–Trinajstić information content (AvgIpc) is 2.17. The fourth-order valence-electron chi connectivity index (χ4n) is 2.20. The molecule has 0 N–H and O–H groups in total. The molecule has 0 aromatic carbocycles. The van der Waals surface area contributed by atoms with Crippen LogP contribution < -0.4 is 0 Å². The van der Waals surface area contributed by atoms with Crippen LogP contribution in [0.15, 0.2) is 12.3 Å². The Kier molecular flexibility index (Phi) is 2.53. The number of hydrogen-bond acceptors (Lipinski definition) is 1. The monoisotopic (exact) mass is 193 g/mol. The highest BCUT2D eigenvalue weighted by Gasteiger charge is 2.22. The molecule has 1 unspecified atom stereocenters. The molecule has 14 heavy (non-hydrogen) atoms. The van der Waals surface area contributed by atoms with Crippen LogP contribution in [-0.2, 0) is 6.42 Å². The van der Waals surface area contributed by atoms with Crippen molar-refractivity contribution in [2.75, 3.05) is 0 Å². The Labute approximate surface area is 84.4 Å². The van der Waals surface area contributed by atoms with Gasteiger partial charge in [0.2, 0.25) is 0 Å². The van der Waals surface area contributed by atoms with Gasteiger partial charge in [0.1, 0.15) is 6.17 Å². The highest BCUT2D eigenvalue weighted by molar-refractivity contribution is 5.35. The Bertz CT molecular complexity index is 319. The van der Waals surface area contributed by atoms with E-state index in [1.807, 2.05) is 6.07 Å². The van der Waals surface area contributed by atoms with Crippen molar-refractivity contribution in [3.05, 3.63) is 29.1 Å². The summed E-state index contributed by atoms with van der Waals surface area (Å²) in [5.74, 6) is 0.398. The molecule has 1 nitrogen and oxygen atoms in total. The van der Waals surface area contributed by atoms with Crippen molar-refractivity contribution in [1.29, 1.82) is 0 Å². The maximum Gasteiger partial charge on any atom is 0.126 e. The topological polar surface area (TPSA) is 12.9 Å². The molecule has 0 saturated carbocycles. The molecule has 76 valence electrons. The zero-order chi connectivity index (χ0) is 10.1. The number of fused-ring (bicyclic) bond motifs is 1. The number of aromatic nitrogens is 1. The predicted molar refractivity (Wildman–Crippen MR) is 55.1 cm³/mol. The fraction of sp³-hybridized carbons (Fsp3) is 0.583. The lowest BCUT2D eigenvalue weighted by Crippen LogP contribution is -2.11. The van der Waals surface area contributed by atoms with Gasteiger partial charge < -0.3 is 0 Å². The number of halogens is 1. The molecule has 0 bridgehead atoms. The summed E-state index contributed by atoms with van der Waals surface area (Å²) in [4.78, 5) is 4.36. The number of rotatable bonds is 1. The van der Waals surface area contributed by atoms with Gasteiger partial charge in [0.15, 0.2) is 0 Å². The van der Waals surface area contributed by atoms with Crippen molar-refractivity contribution >= 4 is 0 Å². The molecule has 0 amide bonds. The Balaban J connectivity index is 2.49. The summed E-state index contributed by atoms with van der Waals surface area (Å²) in [6.45, 7) is 4.23. The van der Waals surface area contributed by atoms with Gasteiger partial charge in [-0.2, -0.15) is 0 Å². The van der Waals surface area contributed by atoms with Crippen LogP contribution in [0.4, 0.5) is 4.39 Å². The molecule has 2 heteroatoms. The summed E-state index contributed by atoms with van der Waals surface area (Å²) < 4.78 is 13.6. The van der Waals surface area contributed by atoms with Crippen molar-refractivity contribution < 1.29 is 4.39 Å². The Morgan fingerprint density at radius 2 is 2.29 bits per heavy atom. The summed E-state index contributed by atoms with van der Waals surface area (Å²) in [6, 6.07) is 1.84. The quantitative estimate of drug-likeness (QED) is 0.664. The van der Waals surface area contributed by atoms with Crippen molar-refractivity contribution in [2.24, 2.45) is 0 Å². The second kappa shape index (κ2) is 3.68. The molecule has 1 atom stereocenters. The van der Waals surface area contributed by atoms with E-state index in [9.17, 15) is 4.39 Å². The van der Waals surface area contributed by atoms with Gasteiger partial charge in [-0.25, -0.2) is 4.39 Å². The Morgan fingerprint density at radius 1 is 1.50 bits per heavy atom. The molecule has 1 heterocycles. The van der Waals surface area contributed by atoms with E-state index in [2.05, 4.69) is 18.8 Å². The largest absolute Gasteiger partial charge is 0.261 e. The molecule has 0 saturated heterocycles. The molecule has 1 aliphatic carbocycles. The first-order valence-corrected chi connectivity index (χ1v) is 5.32. The fourth-order valence-corrected chi connectivity index (χ4v) is 2.20. The van der Waals surface area contributed by atoms with E-state index < -0.39 is 6.17 Å². The first-order chi connectivity index (χ1) is 6.70. The van der Waals surface area contributed by atoms with Crippen LogP contribution >= 0.6 is 0 Å². The van der Waals surface area contributed by atoms with Crippen LogP contribution in [0.2, 0.25) is 0 Å². The molecule has 1 aromatic heterocycles. The van der Waals surface area contributed by atoms with E-state index in [4.69, 9.17) is 0 Å². The second-order valence-corrected chi connectivity index (χ2v) is 4.28. The van der Waals surface area contributed by atoms with Gasteiger partial charge in [0, 0.05) is 11.9 Å². The molecular formula is C12H16FN. The third-order valence-electron chi connectivity index (χ3n) is 2.89. The lowest BCUT2D eigenvalue weighted by molar-refractivity contribution is 0.301. The first-order valence-electron chi connectivity index (χ1n) is 5.32. The number of alkyl halides is 1. The number of hydrogen-bond donors (Lipinski definition) is 0. The van der Waals surface area contributed by atoms with Crippen LogP contribution in [0.25, 0.3) is 0 Å². The van der Waals surface area contributed by atoms with Crippen molar-refractivity contribution in [1.82, 2.24) is 4.98 Å². The maximum absolute atomic E-state index is 13.6. The Morgan fingerprint density at radius 3 is 3.00 bits per heavy atom. The predicted octanol–water partition coefficient (Wildman–Crippen LogP) is 3.55. The molecule has 1 aliphatic rings. The molecule has 1 aromatic rings. The molecule has 0 spiro atoms. The van der Waals surface area contributed by atoms with Gasteiger partial charge in [-0.1, -0.05) is 13.8 Å². The second-order valence-electron chi connectivity index (χ2n) is 4.28.